The second kappa shape index (κ2) is 15.7. The normalized spacial score (nSPS) is 16.7. The molecule has 1 aromatic carbocycles. The number of halogens is 3. The van der Waals surface area contributed by atoms with Crippen LogP contribution in [0.1, 0.15) is 81.1 Å². The number of alkyl halides is 3. The Hall–Kier alpha value is -3.61. The zero-order chi connectivity index (χ0) is 31.6. The minimum absolute atomic E-state index is 0.00290. The summed E-state index contributed by atoms with van der Waals surface area (Å²) in [6.07, 6.45) is 3.15. The van der Waals surface area contributed by atoms with E-state index >= 15 is 0 Å². The van der Waals surface area contributed by atoms with Gasteiger partial charge in [-0.2, -0.15) is 18.2 Å². The molecule has 1 aliphatic carbocycles. The summed E-state index contributed by atoms with van der Waals surface area (Å²) in [5, 5.41) is 8.98. The molecule has 4 rings (SSSR count). The maximum absolute atomic E-state index is 13.6. The lowest BCUT2D eigenvalue weighted by Crippen LogP contribution is -2.43. The SMILES string of the molecule is CC(C)CC(N)=O.COc1cc(C(=O)NC2CCN(C)CC2)ccc1Nc1ncc(C(F)(F)F)c(NC2CCCCC2)n1. The summed E-state index contributed by atoms with van der Waals surface area (Å²) in [6, 6.07) is 4.93. The summed E-state index contributed by atoms with van der Waals surface area (Å²) in [5.41, 5.74) is 4.83. The van der Waals surface area contributed by atoms with Crippen LogP contribution in [0.2, 0.25) is 0 Å². The van der Waals surface area contributed by atoms with Crippen molar-refractivity contribution in [3.63, 3.8) is 0 Å². The van der Waals surface area contributed by atoms with Crippen LogP contribution >= 0.6 is 0 Å². The molecule has 0 atom stereocenters. The highest BCUT2D eigenvalue weighted by Crippen LogP contribution is 2.36. The van der Waals surface area contributed by atoms with Crippen molar-refractivity contribution in [2.45, 2.75) is 83.5 Å². The number of piperidine rings is 1. The molecule has 43 heavy (non-hydrogen) atoms. The molecule has 0 spiro atoms. The van der Waals surface area contributed by atoms with Crippen molar-refractivity contribution in [1.82, 2.24) is 20.2 Å². The van der Waals surface area contributed by atoms with Crippen molar-refractivity contribution in [2.24, 2.45) is 11.7 Å². The van der Waals surface area contributed by atoms with Gasteiger partial charge in [-0.25, -0.2) is 4.98 Å². The molecule has 2 fully saturated rings. The molecule has 13 heteroatoms. The third kappa shape index (κ3) is 10.9. The Labute approximate surface area is 251 Å². The van der Waals surface area contributed by atoms with E-state index in [1.54, 1.807) is 18.2 Å². The molecule has 0 bridgehead atoms. The van der Waals surface area contributed by atoms with Crippen molar-refractivity contribution in [3.8, 4) is 5.75 Å². The smallest absolute Gasteiger partial charge is 0.421 e. The van der Waals surface area contributed by atoms with E-state index in [2.05, 4.69) is 37.9 Å². The van der Waals surface area contributed by atoms with Gasteiger partial charge in [0, 0.05) is 30.3 Å². The van der Waals surface area contributed by atoms with Crippen LogP contribution in [0.25, 0.3) is 0 Å². The number of methoxy groups -OCH3 is 1. The highest BCUT2D eigenvalue weighted by Gasteiger charge is 2.36. The fourth-order valence-corrected chi connectivity index (χ4v) is 5.08. The van der Waals surface area contributed by atoms with Gasteiger partial charge >= 0.3 is 6.18 Å². The Morgan fingerprint density at radius 2 is 1.77 bits per heavy atom. The van der Waals surface area contributed by atoms with E-state index in [0.717, 1.165) is 64.2 Å². The van der Waals surface area contributed by atoms with Crippen LogP contribution in [0.5, 0.6) is 5.75 Å². The standard InChI is InChI=1S/C25H33F3N6O2.C5H11NO/c1-34-12-10-18(11-13-34)31-23(35)16-8-9-20(21(14-16)36-2)32-24-29-15-19(25(26,27)28)22(33-24)30-17-6-4-3-5-7-17;1-4(2)3-5(6)7/h8-9,14-15,17-18H,3-7,10-13H2,1-2H3,(H,31,35)(H2,29,30,32,33);4H,3H2,1-2H3,(H2,6,7). The molecule has 5 N–H and O–H groups in total. The molecular weight excluding hydrogens is 563 g/mol. The summed E-state index contributed by atoms with van der Waals surface area (Å²) >= 11 is 0. The predicted molar refractivity (Wildman–Crippen MR) is 160 cm³/mol. The number of rotatable bonds is 9. The predicted octanol–water partition coefficient (Wildman–Crippen LogP) is 5.33. The zero-order valence-corrected chi connectivity index (χ0v) is 25.4. The molecule has 2 aromatic rings. The highest BCUT2D eigenvalue weighted by molar-refractivity contribution is 5.95. The minimum atomic E-state index is -4.57. The van der Waals surface area contributed by atoms with Gasteiger partial charge in [0.05, 0.1) is 12.8 Å². The van der Waals surface area contributed by atoms with Crippen molar-refractivity contribution < 1.29 is 27.5 Å². The maximum atomic E-state index is 13.6. The molecule has 2 aliphatic rings. The number of amides is 2. The average molecular weight is 608 g/mol. The number of ether oxygens (including phenoxy) is 1. The average Bonchev–Trinajstić information content (AvgIpc) is 2.94. The molecule has 1 aromatic heterocycles. The molecule has 10 nitrogen and oxygen atoms in total. The molecule has 2 heterocycles. The summed E-state index contributed by atoms with van der Waals surface area (Å²) < 4.78 is 46.2. The molecule has 1 saturated heterocycles. The summed E-state index contributed by atoms with van der Waals surface area (Å²) in [6.45, 7) is 5.79. The Kier molecular flexibility index (Phi) is 12.4. The molecule has 238 valence electrons. The summed E-state index contributed by atoms with van der Waals surface area (Å²) in [4.78, 5) is 33.1. The molecular formula is C30H44F3N7O3. The zero-order valence-electron chi connectivity index (χ0n) is 25.4. The summed E-state index contributed by atoms with van der Waals surface area (Å²) in [5.74, 6) is 0.117. The second-order valence-electron chi connectivity index (χ2n) is 11.6. The van der Waals surface area contributed by atoms with Crippen molar-refractivity contribution in [2.75, 3.05) is 37.9 Å². The van der Waals surface area contributed by atoms with E-state index < -0.39 is 11.7 Å². The van der Waals surface area contributed by atoms with Crippen LogP contribution in [0.3, 0.4) is 0 Å². The van der Waals surface area contributed by atoms with E-state index in [0.29, 0.717) is 29.3 Å². The first-order valence-electron chi connectivity index (χ1n) is 14.8. The van der Waals surface area contributed by atoms with Gasteiger partial charge in [0.15, 0.2) is 0 Å². The van der Waals surface area contributed by atoms with Gasteiger partial charge < -0.3 is 31.3 Å². The third-order valence-electron chi connectivity index (χ3n) is 7.41. The lowest BCUT2D eigenvalue weighted by atomic mass is 9.95. The van der Waals surface area contributed by atoms with Gasteiger partial charge in [-0.05, 0) is 69.9 Å². The molecule has 1 saturated carbocycles. The number of carbonyl (C=O) groups is 2. The first-order chi connectivity index (χ1) is 20.3. The fraction of sp³-hybridized carbons (Fsp3) is 0.600. The largest absolute Gasteiger partial charge is 0.495 e. The van der Waals surface area contributed by atoms with Gasteiger partial charge in [-0.3, -0.25) is 9.59 Å². The van der Waals surface area contributed by atoms with E-state index in [-0.39, 0.29) is 35.7 Å². The lowest BCUT2D eigenvalue weighted by Gasteiger charge is -2.29. The number of nitrogens with one attached hydrogen (secondary N) is 3. The molecule has 0 unspecified atom stereocenters. The summed E-state index contributed by atoms with van der Waals surface area (Å²) in [7, 11) is 3.52. The maximum Gasteiger partial charge on any atom is 0.421 e. The number of nitrogens with two attached hydrogens (primary N) is 1. The Balaban J connectivity index is 0.000000646. The van der Waals surface area contributed by atoms with E-state index in [4.69, 9.17) is 10.5 Å². The number of benzene rings is 1. The van der Waals surface area contributed by atoms with Crippen molar-refractivity contribution >= 4 is 29.3 Å². The van der Waals surface area contributed by atoms with Crippen LogP contribution in [0, 0.1) is 5.92 Å². The second-order valence-corrected chi connectivity index (χ2v) is 11.6. The van der Waals surface area contributed by atoms with Crippen molar-refractivity contribution in [3.05, 3.63) is 35.5 Å². The minimum Gasteiger partial charge on any atom is -0.495 e. The molecule has 0 radical (unpaired) electrons. The fourth-order valence-electron chi connectivity index (χ4n) is 5.08. The number of aromatic nitrogens is 2. The number of hydrogen-bond donors (Lipinski definition) is 4. The third-order valence-corrected chi connectivity index (χ3v) is 7.41. The van der Waals surface area contributed by atoms with E-state index in [1.807, 2.05) is 13.8 Å². The molecule has 2 amide bonds. The van der Waals surface area contributed by atoms with Crippen LogP contribution in [-0.2, 0) is 11.0 Å². The first-order valence-corrected chi connectivity index (χ1v) is 14.8. The van der Waals surface area contributed by atoms with Gasteiger partial charge in [-0.1, -0.05) is 33.1 Å². The number of nitrogens with zero attached hydrogens (tertiary/aromatic N) is 3. The van der Waals surface area contributed by atoms with Crippen LogP contribution in [0.4, 0.5) is 30.6 Å². The van der Waals surface area contributed by atoms with Crippen LogP contribution in [0.15, 0.2) is 24.4 Å². The number of likely N-dealkylation sites (tertiary alicyclic amines) is 1. The highest BCUT2D eigenvalue weighted by atomic mass is 19.4. The first kappa shape index (κ1) is 33.9. The number of primary amides is 1. The van der Waals surface area contributed by atoms with Gasteiger partial charge in [0.25, 0.3) is 5.91 Å². The van der Waals surface area contributed by atoms with Crippen LogP contribution < -0.4 is 26.4 Å². The monoisotopic (exact) mass is 607 g/mol. The van der Waals surface area contributed by atoms with Crippen molar-refractivity contribution in [1.29, 1.82) is 0 Å². The Bertz CT molecular complexity index is 1210. The lowest BCUT2D eigenvalue weighted by molar-refractivity contribution is -0.137. The van der Waals surface area contributed by atoms with Gasteiger partial charge in [-0.15, -0.1) is 0 Å². The van der Waals surface area contributed by atoms with Crippen LogP contribution in [-0.4, -0.2) is 66.0 Å². The van der Waals surface area contributed by atoms with E-state index in [9.17, 15) is 22.8 Å². The number of hydrogen-bond acceptors (Lipinski definition) is 8. The topological polar surface area (TPSA) is 134 Å². The Morgan fingerprint density at radius 1 is 1.09 bits per heavy atom. The Morgan fingerprint density at radius 3 is 2.33 bits per heavy atom. The van der Waals surface area contributed by atoms with Gasteiger partial charge in [0.1, 0.15) is 17.1 Å². The quantitative estimate of drug-likeness (QED) is 0.300. The number of anilines is 3. The molecule has 1 aliphatic heterocycles. The van der Waals surface area contributed by atoms with Gasteiger partial charge in [0.2, 0.25) is 11.9 Å². The van der Waals surface area contributed by atoms with E-state index in [1.165, 1.54) is 7.11 Å². The number of carbonyl (C=O) groups excluding carboxylic acids is 2.